The number of hydrogen-bond acceptors (Lipinski definition) is 4. The summed E-state index contributed by atoms with van der Waals surface area (Å²) in [7, 11) is 0. The minimum absolute atomic E-state index is 0.285. The number of nitrogens with zero attached hydrogens (tertiary/aromatic N) is 1. The van der Waals surface area contributed by atoms with Gasteiger partial charge in [0.15, 0.2) is 0 Å². The van der Waals surface area contributed by atoms with Crippen LogP contribution in [0.15, 0.2) is 29.2 Å². The van der Waals surface area contributed by atoms with Gasteiger partial charge in [-0.15, -0.1) is 0 Å². The maximum atomic E-state index is 12.1. The van der Waals surface area contributed by atoms with Crippen molar-refractivity contribution in [3.8, 4) is 0 Å². The van der Waals surface area contributed by atoms with E-state index in [0.29, 0.717) is 10.8 Å². The third kappa shape index (κ3) is 3.71. The van der Waals surface area contributed by atoms with Crippen molar-refractivity contribution in [3.63, 3.8) is 0 Å². The Morgan fingerprint density at radius 1 is 1.38 bits per heavy atom. The standard InChI is InChI=1S/C15H15NO3S2/c1-9(2)11-5-3-10(4-6-11)7-12-14(19)16(8-13(17)18)15(20)21-12/h3-7,9H,8H2,1-2H3,(H,17,18)/b12-7+. The lowest BCUT2D eigenvalue weighted by Gasteiger charge is -2.10. The highest BCUT2D eigenvalue weighted by molar-refractivity contribution is 8.26. The molecule has 1 aromatic rings. The summed E-state index contributed by atoms with van der Waals surface area (Å²) in [6.07, 6.45) is 1.74. The van der Waals surface area contributed by atoms with Crippen molar-refractivity contribution < 1.29 is 14.7 Å². The van der Waals surface area contributed by atoms with Gasteiger partial charge >= 0.3 is 5.97 Å². The fourth-order valence-corrected chi connectivity index (χ4v) is 3.16. The van der Waals surface area contributed by atoms with Crippen LogP contribution in [0.2, 0.25) is 0 Å². The van der Waals surface area contributed by atoms with E-state index in [4.69, 9.17) is 17.3 Å². The number of hydrogen-bond donors (Lipinski definition) is 1. The van der Waals surface area contributed by atoms with Gasteiger partial charge in [0.2, 0.25) is 0 Å². The Balaban J connectivity index is 2.20. The third-order valence-electron chi connectivity index (χ3n) is 3.07. The molecule has 1 fully saturated rings. The van der Waals surface area contributed by atoms with E-state index < -0.39 is 12.5 Å². The maximum absolute atomic E-state index is 12.1. The van der Waals surface area contributed by atoms with Crippen LogP contribution in [0.5, 0.6) is 0 Å². The van der Waals surface area contributed by atoms with E-state index in [-0.39, 0.29) is 10.2 Å². The number of amides is 1. The molecule has 110 valence electrons. The molecule has 21 heavy (non-hydrogen) atoms. The molecule has 1 heterocycles. The van der Waals surface area contributed by atoms with Crippen LogP contribution in [0.25, 0.3) is 6.08 Å². The van der Waals surface area contributed by atoms with E-state index >= 15 is 0 Å². The van der Waals surface area contributed by atoms with Crippen LogP contribution in [-0.4, -0.2) is 32.7 Å². The molecule has 0 aromatic heterocycles. The first-order valence-corrected chi connectivity index (χ1v) is 7.68. The molecule has 0 saturated carbocycles. The molecule has 0 spiro atoms. The van der Waals surface area contributed by atoms with Crippen LogP contribution in [-0.2, 0) is 9.59 Å². The molecule has 2 rings (SSSR count). The Hall–Kier alpha value is -1.66. The van der Waals surface area contributed by atoms with E-state index in [1.165, 1.54) is 5.56 Å². The zero-order valence-electron chi connectivity index (χ0n) is 11.7. The van der Waals surface area contributed by atoms with Crippen molar-refractivity contribution in [2.75, 3.05) is 6.54 Å². The van der Waals surface area contributed by atoms with Crippen molar-refractivity contribution in [1.29, 1.82) is 0 Å². The molecule has 6 heteroatoms. The highest BCUT2D eigenvalue weighted by atomic mass is 32.2. The fraction of sp³-hybridized carbons (Fsp3) is 0.267. The van der Waals surface area contributed by atoms with E-state index in [1.54, 1.807) is 6.08 Å². The number of carbonyl (C=O) groups is 2. The predicted molar refractivity (Wildman–Crippen MR) is 88.0 cm³/mol. The van der Waals surface area contributed by atoms with Gasteiger partial charge in [-0.2, -0.15) is 0 Å². The van der Waals surface area contributed by atoms with Crippen LogP contribution in [0.3, 0.4) is 0 Å². The van der Waals surface area contributed by atoms with Gasteiger partial charge in [0.1, 0.15) is 10.9 Å². The van der Waals surface area contributed by atoms with Crippen LogP contribution in [0, 0.1) is 0 Å². The van der Waals surface area contributed by atoms with Crippen LogP contribution >= 0.6 is 24.0 Å². The molecule has 4 nitrogen and oxygen atoms in total. The SMILES string of the molecule is CC(C)c1ccc(/C=C2/SC(=S)N(CC(=O)O)C2=O)cc1. The van der Waals surface area contributed by atoms with E-state index in [9.17, 15) is 9.59 Å². The van der Waals surface area contributed by atoms with Gasteiger partial charge in [0.25, 0.3) is 5.91 Å². The van der Waals surface area contributed by atoms with Gasteiger partial charge < -0.3 is 5.11 Å². The quantitative estimate of drug-likeness (QED) is 0.682. The number of benzene rings is 1. The number of thioether (sulfide) groups is 1. The van der Waals surface area contributed by atoms with Crippen molar-refractivity contribution in [3.05, 3.63) is 40.3 Å². The summed E-state index contributed by atoms with van der Waals surface area (Å²) >= 11 is 6.18. The summed E-state index contributed by atoms with van der Waals surface area (Å²) in [5, 5.41) is 8.79. The van der Waals surface area contributed by atoms with E-state index in [0.717, 1.165) is 22.2 Å². The van der Waals surface area contributed by atoms with Gasteiger partial charge in [0, 0.05) is 0 Å². The molecular weight excluding hydrogens is 306 g/mol. The van der Waals surface area contributed by atoms with Gasteiger partial charge in [0.05, 0.1) is 4.91 Å². The average Bonchev–Trinajstić information content (AvgIpc) is 2.67. The summed E-state index contributed by atoms with van der Waals surface area (Å²) < 4.78 is 0.285. The third-order valence-corrected chi connectivity index (χ3v) is 4.45. The summed E-state index contributed by atoms with van der Waals surface area (Å²) in [5.74, 6) is -0.970. The fourth-order valence-electron chi connectivity index (χ4n) is 1.90. The van der Waals surface area contributed by atoms with E-state index in [2.05, 4.69) is 13.8 Å². The molecule has 1 aliphatic heterocycles. The monoisotopic (exact) mass is 321 g/mol. The second kappa shape index (κ2) is 6.41. The van der Waals surface area contributed by atoms with Gasteiger partial charge in [-0.3, -0.25) is 14.5 Å². The topological polar surface area (TPSA) is 57.6 Å². The molecule has 1 N–H and O–H groups in total. The van der Waals surface area contributed by atoms with Crippen LogP contribution < -0.4 is 0 Å². The summed E-state index contributed by atoms with van der Waals surface area (Å²) in [5.41, 5.74) is 2.13. The van der Waals surface area contributed by atoms with Crippen molar-refractivity contribution in [2.24, 2.45) is 0 Å². The Morgan fingerprint density at radius 3 is 2.52 bits per heavy atom. The first-order chi connectivity index (χ1) is 9.88. The summed E-state index contributed by atoms with van der Waals surface area (Å²) in [6, 6.07) is 7.93. The minimum Gasteiger partial charge on any atom is -0.480 e. The lowest BCUT2D eigenvalue weighted by molar-refractivity contribution is -0.140. The van der Waals surface area contributed by atoms with Crippen molar-refractivity contribution in [2.45, 2.75) is 19.8 Å². The van der Waals surface area contributed by atoms with Crippen LogP contribution in [0.1, 0.15) is 30.9 Å². The Bertz CT molecular complexity index is 620. The number of rotatable bonds is 4. The number of carboxylic acid groups (broad SMARTS) is 1. The Kier molecular flexibility index (Phi) is 4.80. The second-order valence-corrected chi connectivity index (χ2v) is 6.66. The van der Waals surface area contributed by atoms with E-state index in [1.807, 2.05) is 24.3 Å². The van der Waals surface area contributed by atoms with Crippen molar-refractivity contribution in [1.82, 2.24) is 4.90 Å². The highest BCUT2D eigenvalue weighted by Crippen LogP contribution is 2.32. The Labute approximate surface area is 132 Å². The lowest BCUT2D eigenvalue weighted by atomic mass is 10.0. The first kappa shape index (κ1) is 15.7. The number of aliphatic carboxylic acids is 1. The predicted octanol–water partition coefficient (Wildman–Crippen LogP) is 3.10. The molecule has 0 radical (unpaired) electrons. The highest BCUT2D eigenvalue weighted by Gasteiger charge is 2.33. The average molecular weight is 321 g/mol. The van der Waals surface area contributed by atoms with Crippen LogP contribution in [0.4, 0.5) is 0 Å². The largest absolute Gasteiger partial charge is 0.480 e. The number of carbonyl (C=O) groups excluding carboxylic acids is 1. The number of carboxylic acids is 1. The zero-order valence-corrected chi connectivity index (χ0v) is 13.3. The summed E-state index contributed by atoms with van der Waals surface area (Å²) in [6.45, 7) is 3.84. The summed E-state index contributed by atoms with van der Waals surface area (Å²) in [4.78, 5) is 24.4. The molecule has 1 aromatic carbocycles. The molecule has 0 atom stereocenters. The molecule has 1 aliphatic rings. The molecule has 0 bridgehead atoms. The van der Waals surface area contributed by atoms with Gasteiger partial charge in [-0.05, 0) is 23.1 Å². The van der Waals surface area contributed by atoms with Gasteiger partial charge in [-0.25, -0.2) is 0 Å². The smallest absolute Gasteiger partial charge is 0.323 e. The number of thiocarbonyl (C=S) groups is 1. The first-order valence-electron chi connectivity index (χ1n) is 6.45. The molecule has 1 amide bonds. The molecule has 0 aliphatic carbocycles. The Morgan fingerprint density at radius 2 is 2.00 bits per heavy atom. The molecule has 0 unspecified atom stereocenters. The molecular formula is C15H15NO3S2. The van der Waals surface area contributed by atoms with Crippen molar-refractivity contribution >= 4 is 46.3 Å². The second-order valence-electron chi connectivity index (χ2n) is 4.98. The zero-order chi connectivity index (χ0) is 15.6. The molecule has 1 saturated heterocycles. The lowest BCUT2D eigenvalue weighted by Crippen LogP contribution is -2.33. The normalized spacial score (nSPS) is 17.1. The van der Waals surface area contributed by atoms with Gasteiger partial charge in [-0.1, -0.05) is 62.1 Å². The maximum Gasteiger partial charge on any atom is 0.323 e. The minimum atomic E-state index is -1.08.